The molecule has 266 valence electrons. The lowest BCUT2D eigenvalue weighted by Gasteiger charge is -2.26. The Balaban J connectivity index is 0.000000872. The lowest BCUT2D eigenvalue weighted by Crippen LogP contribution is -2.32. The number of nitrogens with one attached hydrogen (secondary N) is 1. The molecule has 0 unspecified atom stereocenters. The van der Waals surface area contributed by atoms with Crippen LogP contribution in [0.25, 0.3) is 0 Å². The summed E-state index contributed by atoms with van der Waals surface area (Å²) in [6.07, 6.45) is -5.23. The number of para-hydroxylation sites is 2. The zero-order valence-corrected chi connectivity index (χ0v) is 27.7. The molecule has 0 aromatic heterocycles. The molecule has 0 fully saturated rings. The highest BCUT2D eigenvalue weighted by molar-refractivity contribution is 5.96. The molecule has 50 heavy (non-hydrogen) atoms. The van der Waals surface area contributed by atoms with Gasteiger partial charge in [-0.15, -0.1) is 0 Å². The molecular weight excluding hydrogens is 661 g/mol. The maximum Gasteiger partial charge on any atom is 0.490 e. The lowest BCUT2D eigenvalue weighted by molar-refractivity contribution is -0.192. The van der Waals surface area contributed by atoms with Crippen LogP contribution >= 0.6 is 0 Å². The first-order chi connectivity index (χ1) is 23.5. The molecule has 2 amide bonds. The highest BCUT2D eigenvalue weighted by Crippen LogP contribution is 2.34. The van der Waals surface area contributed by atoms with Gasteiger partial charge in [-0.1, -0.05) is 75.4 Å². The fourth-order valence-electron chi connectivity index (χ4n) is 4.52. The zero-order valence-electron chi connectivity index (χ0n) is 27.7. The molecule has 0 aliphatic heterocycles. The van der Waals surface area contributed by atoms with Gasteiger partial charge < -0.3 is 25.8 Å². The minimum atomic E-state index is -5.08. The summed E-state index contributed by atoms with van der Waals surface area (Å²) < 4.78 is 64.7. The Morgan fingerprint density at radius 3 is 2.04 bits per heavy atom. The van der Waals surface area contributed by atoms with Gasteiger partial charge in [0.1, 0.15) is 5.75 Å². The van der Waals surface area contributed by atoms with Crippen LogP contribution in [0.15, 0.2) is 91.0 Å². The second kappa shape index (κ2) is 17.4. The fraction of sp³-hybridized carbons (Fsp3) is 0.270. The number of anilines is 1. The third kappa shape index (κ3) is 12.0. The van der Waals surface area contributed by atoms with E-state index in [9.17, 15) is 31.5 Å². The number of nitrogens with zero attached hydrogens (tertiary/aromatic N) is 1. The van der Waals surface area contributed by atoms with Crippen LogP contribution in [0.1, 0.15) is 55.9 Å². The SMILES string of the molecule is CC(C)(C)c1ccc(CN(C(=O)CCC(=O)NCc2ccc(F)c(F)c2)c2ccccc2Oc2cccc(CN)c2)cc1.O=C(O)C(F)(F)F. The largest absolute Gasteiger partial charge is 0.490 e. The molecule has 0 atom stereocenters. The number of nitrogens with two attached hydrogens (primary N) is 1. The Morgan fingerprint density at radius 1 is 0.800 bits per heavy atom. The summed E-state index contributed by atoms with van der Waals surface area (Å²) in [7, 11) is 0. The Hall–Kier alpha value is -5.30. The number of carbonyl (C=O) groups is 3. The summed E-state index contributed by atoms with van der Waals surface area (Å²) in [5.41, 5.74) is 9.78. The second-order valence-corrected chi connectivity index (χ2v) is 12.2. The molecular formula is C37H38F5N3O5. The van der Waals surface area contributed by atoms with Gasteiger partial charge in [-0.2, -0.15) is 13.2 Å². The summed E-state index contributed by atoms with van der Waals surface area (Å²) in [4.78, 5) is 36.8. The van der Waals surface area contributed by atoms with Crippen LogP contribution < -0.4 is 20.7 Å². The maximum atomic E-state index is 13.7. The molecule has 0 saturated carbocycles. The Bertz CT molecular complexity index is 1770. The smallest absolute Gasteiger partial charge is 0.475 e. The van der Waals surface area contributed by atoms with Gasteiger partial charge in [0.15, 0.2) is 17.4 Å². The van der Waals surface area contributed by atoms with Gasteiger partial charge in [0, 0.05) is 25.9 Å². The van der Waals surface area contributed by atoms with Crippen LogP contribution in [-0.4, -0.2) is 29.1 Å². The molecule has 4 N–H and O–H groups in total. The molecule has 0 aliphatic rings. The van der Waals surface area contributed by atoms with Gasteiger partial charge >= 0.3 is 12.1 Å². The van der Waals surface area contributed by atoms with Crippen LogP contribution in [0.5, 0.6) is 11.5 Å². The first kappa shape index (κ1) is 39.1. The number of ether oxygens (including phenoxy) is 1. The number of carboxylic acid groups (broad SMARTS) is 1. The summed E-state index contributed by atoms with van der Waals surface area (Å²) in [5, 5.41) is 9.80. The van der Waals surface area contributed by atoms with Crippen molar-refractivity contribution in [2.75, 3.05) is 4.90 Å². The average Bonchev–Trinajstić information content (AvgIpc) is 3.06. The van der Waals surface area contributed by atoms with Crippen LogP contribution in [-0.2, 0) is 39.4 Å². The van der Waals surface area contributed by atoms with E-state index in [2.05, 4.69) is 38.2 Å². The van der Waals surface area contributed by atoms with Crippen molar-refractivity contribution in [3.8, 4) is 11.5 Å². The normalized spacial score (nSPS) is 11.2. The Labute approximate surface area is 286 Å². The standard InChI is InChI=1S/C35H37F2N3O3.C2HF3O2/c1-35(2,3)27-14-11-24(12-15-27)23-40(31-9-4-5-10-32(31)43-28-8-6-7-25(19-28)21-38)34(42)18-17-33(41)39-22-26-13-16-29(36)30(37)20-26;3-2(4,5)1(6)7/h4-16,19-20H,17-18,21-23,38H2,1-3H3,(H,39,41);(H,6,7). The van der Waals surface area contributed by atoms with Crippen molar-refractivity contribution in [1.29, 1.82) is 0 Å². The number of rotatable bonds is 11. The van der Waals surface area contributed by atoms with Crippen molar-refractivity contribution in [3.63, 3.8) is 0 Å². The van der Waals surface area contributed by atoms with Gasteiger partial charge in [-0.05, 0) is 64.1 Å². The van der Waals surface area contributed by atoms with Crippen molar-refractivity contribution < 1.29 is 46.2 Å². The number of carbonyl (C=O) groups excluding carboxylic acids is 2. The number of halogens is 5. The number of aliphatic carboxylic acids is 1. The zero-order chi connectivity index (χ0) is 37.1. The molecule has 4 aromatic carbocycles. The average molecular weight is 700 g/mol. The minimum Gasteiger partial charge on any atom is -0.475 e. The van der Waals surface area contributed by atoms with Crippen LogP contribution in [0.2, 0.25) is 0 Å². The van der Waals surface area contributed by atoms with Gasteiger partial charge in [-0.3, -0.25) is 9.59 Å². The first-order valence-electron chi connectivity index (χ1n) is 15.4. The Morgan fingerprint density at radius 2 is 1.44 bits per heavy atom. The molecule has 0 radical (unpaired) electrons. The van der Waals surface area contributed by atoms with Crippen molar-refractivity contribution >= 4 is 23.5 Å². The number of alkyl halides is 3. The van der Waals surface area contributed by atoms with Crippen LogP contribution in [0.4, 0.5) is 27.6 Å². The van der Waals surface area contributed by atoms with Gasteiger partial charge in [0.05, 0.1) is 12.2 Å². The van der Waals surface area contributed by atoms with E-state index >= 15 is 0 Å². The van der Waals surface area contributed by atoms with E-state index in [0.29, 0.717) is 29.3 Å². The number of carboxylic acids is 1. The predicted octanol–water partition coefficient (Wildman–Crippen LogP) is 7.78. The van der Waals surface area contributed by atoms with E-state index in [4.69, 9.17) is 20.4 Å². The monoisotopic (exact) mass is 699 g/mol. The molecule has 13 heteroatoms. The summed E-state index contributed by atoms with van der Waals surface area (Å²) in [5.74, 6) is -4.26. The summed E-state index contributed by atoms with van der Waals surface area (Å²) in [6, 6.07) is 26.3. The molecule has 8 nitrogen and oxygen atoms in total. The van der Waals surface area contributed by atoms with Gasteiger partial charge in [0.2, 0.25) is 11.8 Å². The lowest BCUT2D eigenvalue weighted by atomic mass is 9.87. The number of hydrogen-bond donors (Lipinski definition) is 3. The van der Waals surface area contributed by atoms with E-state index in [0.717, 1.165) is 23.3 Å². The molecule has 0 aliphatic carbocycles. The highest BCUT2D eigenvalue weighted by atomic mass is 19.4. The highest BCUT2D eigenvalue weighted by Gasteiger charge is 2.38. The van der Waals surface area contributed by atoms with E-state index in [1.165, 1.54) is 11.6 Å². The molecule has 0 bridgehead atoms. The number of amides is 2. The summed E-state index contributed by atoms with van der Waals surface area (Å²) >= 11 is 0. The van der Waals surface area contributed by atoms with Crippen molar-refractivity contribution in [2.45, 2.75) is 64.8 Å². The van der Waals surface area contributed by atoms with Crippen molar-refractivity contribution in [2.24, 2.45) is 5.73 Å². The van der Waals surface area contributed by atoms with Crippen molar-refractivity contribution in [3.05, 3.63) is 125 Å². The summed E-state index contributed by atoms with van der Waals surface area (Å²) in [6.45, 7) is 7.08. The number of benzene rings is 4. The van der Waals surface area contributed by atoms with Crippen molar-refractivity contribution in [1.82, 2.24) is 5.32 Å². The predicted molar refractivity (Wildman–Crippen MR) is 178 cm³/mol. The molecule has 0 heterocycles. The van der Waals surface area contributed by atoms with Gasteiger partial charge in [-0.25, -0.2) is 13.6 Å². The first-order valence-corrected chi connectivity index (χ1v) is 15.4. The molecule has 0 spiro atoms. The van der Waals surface area contributed by atoms with E-state index in [1.54, 1.807) is 11.0 Å². The molecule has 4 aromatic rings. The van der Waals surface area contributed by atoms with Crippen LogP contribution in [0.3, 0.4) is 0 Å². The number of hydrogen-bond acceptors (Lipinski definition) is 5. The fourth-order valence-corrected chi connectivity index (χ4v) is 4.52. The van der Waals surface area contributed by atoms with E-state index < -0.39 is 23.8 Å². The van der Waals surface area contributed by atoms with Gasteiger partial charge in [0.25, 0.3) is 0 Å². The topological polar surface area (TPSA) is 122 Å². The van der Waals surface area contributed by atoms with E-state index in [1.807, 2.05) is 54.6 Å². The maximum absolute atomic E-state index is 13.7. The third-order valence-corrected chi connectivity index (χ3v) is 7.26. The van der Waals surface area contributed by atoms with Crippen LogP contribution in [0, 0.1) is 11.6 Å². The Kier molecular flexibility index (Phi) is 13.6. The second-order valence-electron chi connectivity index (χ2n) is 12.2. The quantitative estimate of drug-likeness (QED) is 0.138. The molecule has 4 rings (SSSR count). The van der Waals surface area contributed by atoms with E-state index in [-0.39, 0.29) is 43.2 Å². The molecule has 0 saturated heterocycles. The third-order valence-electron chi connectivity index (χ3n) is 7.26. The minimum absolute atomic E-state index is 0.0143.